The van der Waals surface area contributed by atoms with Crippen molar-refractivity contribution in [1.29, 1.82) is 0 Å². The molecule has 0 radical (unpaired) electrons. The number of rotatable bonds is 5. The quantitative estimate of drug-likeness (QED) is 0.614. The first-order chi connectivity index (χ1) is 13.4. The largest absolute Gasteiger partial charge is 0.340 e. The van der Waals surface area contributed by atoms with Gasteiger partial charge in [-0.3, -0.25) is 9.59 Å². The number of pyridine rings is 1. The zero-order chi connectivity index (χ0) is 20.1. The van der Waals surface area contributed by atoms with Gasteiger partial charge in [-0.1, -0.05) is 0 Å². The SMILES string of the molecule is CC(=O)Nc1ccc(NC(=O)c2ccnc(Nc3ccc(F)c(F)c3)c2)cc1. The van der Waals surface area contributed by atoms with Gasteiger partial charge in [0.1, 0.15) is 5.82 Å². The molecule has 8 heteroatoms. The molecule has 0 spiro atoms. The molecule has 1 aromatic heterocycles. The summed E-state index contributed by atoms with van der Waals surface area (Å²) >= 11 is 0. The highest BCUT2D eigenvalue weighted by Gasteiger charge is 2.09. The second-order valence-corrected chi connectivity index (χ2v) is 5.90. The summed E-state index contributed by atoms with van der Waals surface area (Å²) in [6.07, 6.45) is 1.43. The lowest BCUT2D eigenvalue weighted by molar-refractivity contribution is -0.114. The number of amides is 2. The Labute approximate surface area is 159 Å². The lowest BCUT2D eigenvalue weighted by Gasteiger charge is -2.09. The predicted octanol–water partition coefficient (Wildman–Crippen LogP) is 4.31. The monoisotopic (exact) mass is 382 g/mol. The van der Waals surface area contributed by atoms with Crippen molar-refractivity contribution in [2.24, 2.45) is 0 Å². The fourth-order valence-electron chi connectivity index (χ4n) is 2.41. The molecule has 0 saturated heterocycles. The molecular formula is C20H16F2N4O2. The van der Waals surface area contributed by atoms with Crippen LogP contribution in [0.4, 0.5) is 31.7 Å². The van der Waals surface area contributed by atoms with Crippen LogP contribution in [0.3, 0.4) is 0 Å². The third-order valence-corrected chi connectivity index (χ3v) is 3.68. The van der Waals surface area contributed by atoms with Crippen LogP contribution in [0, 0.1) is 11.6 Å². The van der Waals surface area contributed by atoms with E-state index in [1.807, 2.05) is 0 Å². The highest BCUT2D eigenvalue weighted by atomic mass is 19.2. The number of nitrogens with zero attached hydrogens (tertiary/aromatic N) is 1. The van der Waals surface area contributed by atoms with Gasteiger partial charge in [-0.05, 0) is 48.5 Å². The van der Waals surface area contributed by atoms with Gasteiger partial charge < -0.3 is 16.0 Å². The van der Waals surface area contributed by atoms with Crippen molar-refractivity contribution in [2.45, 2.75) is 6.92 Å². The van der Waals surface area contributed by atoms with E-state index < -0.39 is 11.6 Å². The highest BCUT2D eigenvalue weighted by molar-refractivity contribution is 6.04. The van der Waals surface area contributed by atoms with Gasteiger partial charge in [-0.25, -0.2) is 13.8 Å². The van der Waals surface area contributed by atoms with Gasteiger partial charge in [0.25, 0.3) is 5.91 Å². The Morgan fingerprint density at radius 2 is 1.46 bits per heavy atom. The molecule has 0 atom stereocenters. The van der Waals surface area contributed by atoms with Gasteiger partial charge in [0.2, 0.25) is 5.91 Å². The molecule has 6 nitrogen and oxygen atoms in total. The molecule has 0 aliphatic heterocycles. The minimum absolute atomic E-state index is 0.186. The number of carbonyl (C=O) groups is 2. The van der Waals surface area contributed by atoms with Gasteiger partial charge in [0.15, 0.2) is 11.6 Å². The summed E-state index contributed by atoms with van der Waals surface area (Å²) in [4.78, 5) is 27.5. The third kappa shape index (κ3) is 4.88. The summed E-state index contributed by atoms with van der Waals surface area (Å²) in [5, 5.41) is 8.19. The summed E-state index contributed by atoms with van der Waals surface area (Å²) in [5.74, 6) is -2.19. The first-order valence-electron chi connectivity index (χ1n) is 8.28. The van der Waals surface area contributed by atoms with Crippen LogP contribution in [0.15, 0.2) is 60.8 Å². The van der Waals surface area contributed by atoms with Crippen molar-refractivity contribution in [3.8, 4) is 0 Å². The molecular weight excluding hydrogens is 366 g/mol. The Morgan fingerprint density at radius 3 is 2.11 bits per heavy atom. The van der Waals surface area contributed by atoms with E-state index in [9.17, 15) is 18.4 Å². The summed E-state index contributed by atoms with van der Waals surface area (Å²) < 4.78 is 26.3. The molecule has 2 aromatic carbocycles. The van der Waals surface area contributed by atoms with Gasteiger partial charge in [0.05, 0.1) is 0 Å². The summed E-state index contributed by atoms with van der Waals surface area (Å²) in [7, 11) is 0. The van der Waals surface area contributed by atoms with E-state index in [-0.39, 0.29) is 11.8 Å². The number of halogens is 2. The van der Waals surface area contributed by atoms with Crippen LogP contribution >= 0.6 is 0 Å². The van der Waals surface area contributed by atoms with E-state index in [4.69, 9.17) is 0 Å². The fraction of sp³-hybridized carbons (Fsp3) is 0.0500. The molecule has 3 rings (SSSR count). The Hall–Kier alpha value is -3.81. The van der Waals surface area contributed by atoms with E-state index in [1.54, 1.807) is 24.3 Å². The smallest absolute Gasteiger partial charge is 0.255 e. The fourth-order valence-corrected chi connectivity index (χ4v) is 2.41. The van der Waals surface area contributed by atoms with E-state index in [0.717, 1.165) is 12.1 Å². The normalized spacial score (nSPS) is 10.2. The average molecular weight is 382 g/mol. The maximum atomic E-state index is 13.3. The molecule has 0 bridgehead atoms. The first-order valence-corrected chi connectivity index (χ1v) is 8.28. The Morgan fingerprint density at radius 1 is 0.821 bits per heavy atom. The van der Waals surface area contributed by atoms with Crippen molar-refractivity contribution in [3.05, 3.63) is 78.0 Å². The van der Waals surface area contributed by atoms with Crippen molar-refractivity contribution in [2.75, 3.05) is 16.0 Å². The maximum absolute atomic E-state index is 13.3. The minimum Gasteiger partial charge on any atom is -0.340 e. The number of anilines is 4. The van der Waals surface area contributed by atoms with Crippen LogP contribution in [0.25, 0.3) is 0 Å². The summed E-state index contributed by atoms with van der Waals surface area (Å²) in [6.45, 7) is 1.41. The van der Waals surface area contributed by atoms with E-state index in [0.29, 0.717) is 28.4 Å². The lowest BCUT2D eigenvalue weighted by Crippen LogP contribution is -2.12. The minimum atomic E-state index is -0.985. The molecule has 3 aromatic rings. The number of benzene rings is 2. The van der Waals surface area contributed by atoms with Crippen LogP contribution in [-0.4, -0.2) is 16.8 Å². The van der Waals surface area contributed by atoms with Gasteiger partial charge in [-0.2, -0.15) is 0 Å². The molecule has 0 aliphatic carbocycles. The van der Waals surface area contributed by atoms with Crippen LogP contribution < -0.4 is 16.0 Å². The zero-order valence-corrected chi connectivity index (χ0v) is 14.8. The number of nitrogens with one attached hydrogen (secondary N) is 3. The highest BCUT2D eigenvalue weighted by Crippen LogP contribution is 2.19. The van der Waals surface area contributed by atoms with E-state index >= 15 is 0 Å². The topological polar surface area (TPSA) is 83.1 Å². The molecule has 2 amide bonds. The molecule has 28 heavy (non-hydrogen) atoms. The van der Waals surface area contributed by atoms with Crippen LogP contribution in [0.1, 0.15) is 17.3 Å². The van der Waals surface area contributed by atoms with Gasteiger partial charge in [-0.15, -0.1) is 0 Å². The number of carbonyl (C=O) groups excluding carboxylic acids is 2. The van der Waals surface area contributed by atoms with Crippen LogP contribution in [0.2, 0.25) is 0 Å². The van der Waals surface area contributed by atoms with Crippen molar-refractivity contribution in [1.82, 2.24) is 4.98 Å². The van der Waals surface area contributed by atoms with Gasteiger partial charge in [0, 0.05) is 41.8 Å². The molecule has 0 aliphatic rings. The summed E-state index contributed by atoms with van der Waals surface area (Å²) in [6, 6.07) is 13.0. The Bertz CT molecular complexity index is 1020. The standard InChI is InChI=1S/C20H16F2N4O2/c1-12(27)24-14-2-4-15(5-3-14)26-20(28)13-8-9-23-19(10-13)25-16-6-7-17(21)18(22)11-16/h2-11H,1H3,(H,23,25)(H,24,27)(H,26,28). The Kier molecular flexibility index (Phi) is 5.59. The van der Waals surface area contributed by atoms with E-state index in [2.05, 4.69) is 20.9 Å². The summed E-state index contributed by atoms with van der Waals surface area (Å²) in [5.41, 5.74) is 1.79. The molecule has 142 valence electrons. The molecule has 0 fully saturated rings. The zero-order valence-electron chi connectivity index (χ0n) is 14.8. The number of aromatic nitrogens is 1. The maximum Gasteiger partial charge on any atom is 0.255 e. The number of hydrogen-bond donors (Lipinski definition) is 3. The predicted molar refractivity (Wildman–Crippen MR) is 103 cm³/mol. The van der Waals surface area contributed by atoms with Gasteiger partial charge >= 0.3 is 0 Å². The van der Waals surface area contributed by atoms with Crippen LogP contribution in [0.5, 0.6) is 0 Å². The van der Waals surface area contributed by atoms with Crippen molar-refractivity contribution >= 4 is 34.7 Å². The van der Waals surface area contributed by atoms with Crippen LogP contribution in [-0.2, 0) is 4.79 Å². The number of hydrogen-bond acceptors (Lipinski definition) is 4. The van der Waals surface area contributed by atoms with Crippen molar-refractivity contribution in [3.63, 3.8) is 0 Å². The molecule has 1 heterocycles. The molecule has 3 N–H and O–H groups in total. The molecule has 0 saturated carbocycles. The van der Waals surface area contributed by atoms with Crippen molar-refractivity contribution < 1.29 is 18.4 Å². The third-order valence-electron chi connectivity index (χ3n) is 3.68. The second-order valence-electron chi connectivity index (χ2n) is 5.90. The first kappa shape index (κ1) is 19.0. The average Bonchev–Trinajstić information content (AvgIpc) is 2.66. The second kappa shape index (κ2) is 8.26. The lowest BCUT2D eigenvalue weighted by atomic mass is 10.2. The van der Waals surface area contributed by atoms with E-state index in [1.165, 1.54) is 31.3 Å². The molecule has 0 unspecified atom stereocenters. The Balaban J connectivity index is 1.69.